The predicted molar refractivity (Wildman–Crippen MR) is 192 cm³/mol. The van der Waals surface area contributed by atoms with Gasteiger partial charge in [-0.05, 0) is 40.5 Å². The van der Waals surface area contributed by atoms with E-state index in [4.69, 9.17) is 14.4 Å². The number of rotatable bonds is 3. The van der Waals surface area contributed by atoms with Gasteiger partial charge in [-0.2, -0.15) is 0 Å². The first-order chi connectivity index (χ1) is 23.1. The summed E-state index contributed by atoms with van der Waals surface area (Å²) in [7, 11) is 0. The largest absolute Gasteiger partial charge is 0.454 e. The van der Waals surface area contributed by atoms with Crippen LogP contribution >= 0.6 is 0 Å². The number of nitrogens with zero attached hydrogens (tertiary/aromatic N) is 3. The van der Waals surface area contributed by atoms with E-state index in [9.17, 15) is 0 Å². The van der Waals surface area contributed by atoms with Gasteiger partial charge in [-0.3, -0.25) is 4.57 Å². The van der Waals surface area contributed by atoms with E-state index in [-0.39, 0.29) is 5.41 Å². The van der Waals surface area contributed by atoms with E-state index in [0.717, 1.165) is 60.9 Å². The second-order valence-electron chi connectivity index (χ2n) is 13.0. The zero-order valence-corrected chi connectivity index (χ0v) is 26.0. The van der Waals surface area contributed by atoms with Crippen molar-refractivity contribution >= 4 is 43.7 Å². The number of aromatic nitrogens is 3. The van der Waals surface area contributed by atoms with Gasteiger partial charge < -0.3 is 4.42 Å². The van der Waals surface area contributed by atoms with E-state index in [1.54, 1.807) is 0 Å². The third-order valence-corrected chi connectivity index (χ3v) is 9.98. The summed E-state index contributed by atoms with van der Waals surface area (Å²) in [6, 6.07) is 48.8. The van der Waals surface area contributed by atoms with Crippen molar-refractivity contribution < 1.29 is 4.42 Å². The van der Waals surface area contributed by atoms with Crippen LogP contribution in [-0.4, -0.2) is 14.5 Å². The Balaban J connectivity index is 1.44. The summed E-state index contributed by atoms with van der Waals surface area (Å²) in [4.78, 5) is 10.6. The maximum atomic E-state index is 6.93. The maximum Gasteiger partial charge on any atom is 0.235 e. The van der Waals surface area contributed by atoms with Gasteiger partial charge in [-0.1, -0.05) is 135 Å². The Labute approximate surface area is 271 Å². The Morgan fingerprint density at radius 3 is 1.91 bits per heavy atom. The molecule has 1 aliphatic rings. The minimum absolute atomic E-state index is 0.224. The number of furan rings is 1. The molecule has 4 heteroatoms. The fraction of sp³-hybridized carbons (Fsp3) is 0.0698. The van der Waals surface area contributed by atoms with Gasteiger partial charge in [0.1, 0.15) is 11.1 Å². The number of para-hydroxylation sites is 2. The average molecular weight is 604 g/mol. The first kappa shape index (κ1) is 26.2. The SMILES string of the molecule is CC1(C)c2ccccc2-c2c1c1c3ccccc3oc1c1c2c2ccccc2n1-c1nc(-c2ccccc2)cc(-c2ccccc2)n1. The van der Waals surface area contributed by atoms with Gasteiger partial charge in [-0.15, -0.1) is 0 Å². The highest BCUT2D eigenvalue weighted by molar-refractivity contribution is 6.29. The third kappa shape index (κ3) is 3.58. The number of fused-ring (bicyclic) bond motifs is 12. The molecule has 0 spiro atoms. The van der Waals surface area contributed by atoms with E-state index in [2.05, 4.69) is 146 Å². The molecule has 3 heterocycles. The summed E-state index contributed by atoms with van der Waals surface area (Å²) in [5, 5.41) is 4.62. The number of hydrogen-bond acceptors (Lipinski definition) is 3. The van der Waals surface area contributed by atoms with E-state index in [1.165, 1.54) is 27.6 Å². The topological polar surface area (TPSA) is 43.9 Å². The fourth-order valence-corrected chi connectivity index (χ4v) is 7.95. The Hall–Kier alpha value is -6.00. The van der Waals surface area contributed by atoms with E-state index in [1.807, 2.05) is 12.1 Å². The molecule has 0 saturated heterocycles. The van der Waals surface area contributed by atoms with Gasteiger partial charge in [0.05, 0.1) is 16.9 Å². The van der Waals surface area contributed by atoms with Crippen LogP contribution in [0.5, 0.6) is 0 Å². The lowest BCUT2D eigenvalue weighted by atomic mass is 9.80. The third-order valence-electron chi connectivity index (χ3n) is 9.98. The molecule has 47 heavy (non-hydrogen) atoms. The second kappa shape index (κ2) is 9.51. The molecule has 0 bridgehead atoms. The van der Waals surface area contributed by atoms with Crippen LogP contribution in [0.25, 0.3) is 83.3 Å². The molecule has 0 aliphatic heterocycles. The molecule has 6 aromatic carbocycles. The molecule has 0 unspecified atom stereocenters. The van der Waals surface area contributed by atoms with Crippen molar-refractivity contribution in [2.24, 2.45) is 0 Å². The van der Waals surface area contributed by atoms with Crippen LogP contribution < -0.4 is 0 Å². The fourth-order valence-electron chi connectivity index (χ4n) is 7.95. The van der Waals surface area contributed by atoms with Gasteiger partial charge in [0, 0.05) is 38.1 Å². The van der Waals surface area contributed by atoms with Crippen LogP contribution in [-0.2, 0) is 5.41 Å². The summed E-state index contributed by atoms with van der Waals surface area (Å²) in [6.45, 7) is 4.70. The van der Waals surface area contributed by atoms with Crippen molar-refractivity contribution in [3.8, 4) is 39.6 Å². The second-order valence-corrected chi connectivity index (χ2v) is 13.0. The monoisotopic (exact) mass is 603 g/mol. The van der Waals surface area contributed by atoms with E-state index in [0.29, 0.717) is 5.95 Å². The number of benzene rings is 6. The quantitative estimate of drug-likeness (QED) is 0.202. The molecule has 4 nitrogen and oxygen atoms in total. The highest BCUT2D eigenvalue weighted by atomic mass is 16.3. The molecule has 0 radical (unpaired) electrons. The smallest absolute Gasteiger partial charge is 0.235 e. The van der Waals surface area contributed by atoms with Crippen molar-refractivity contribution in [1.29, 1.82) is 0 Å². The Morgan fingerprint density at radius 2 is 1.19 bits per heavy atom. The van der Waals surface area contributed by atoms with Crippen molar-refractivity contribution in [1.82, 2.24) is 14.5 Å². The summed E-state index contributed by atoms with van der Waals surface area (Å²) < 4.78 is 9.17. The molecular formula is C43H29N3O. The standard InChI is InChI=1S/C43H29N3O/c1-43(2)31-22-12-9-19-28(31)36-37-29-20-10-13-23-34(29)46(40(37)41-38(39(36)43)30-21-11-14-24-35(30)47-41)42-44-32(26-15-5-3-6-16-26)25-33(45-42)27-17-7-4-8-18-27/h3-25H,1-2H3. The molecular weight excluding hydrogens is 574 g/mol. The van der Waals surface area contributed by atoms with Gasteiger partial charge in [0.15, 0.2) is 5.58 Å². The lowest BCUT2D eigenvalue weighted by molar-refractivity contribution is 0.658. The molecule has 222 valence electrons. The predicted octanol–water partition coefficient (Wildman–Crippen LogP) is 11.1. The first-order valence-electron chi connectivity index (χ1n) is 16.1. The van der Waals surface area contributed by atoms with Gasteiger partial charge in [-0.25, -0.2) is 9.97 Å². The van der Waals surface area contributed by atoms with Crippen LogP contribution in [0.3, 0.4) is 0 Å². The lowest BCUT2D eigenvalue weighted by Crippen LogP contribution is -2.15. The maximum absolute atomic E-state index is 6.93. The molecule has 10 rings (SSSR count). The Morgan fingerprint density at radius 1 is 0.596 bits per heavy atom. The molecule has 0 amide bonds. The number of hydrogen-bond donors (Lipinski definition) is 0. The minimum atomic E-state index is -0.224. The van der Waals surface area contributed by atoms with Gasteiger partial charge in [0.2, 0.25) is 5.95 Å². The van der Waals surface area contributed by atoms with Crippen molar-refractivity contribution in [3.05, 3.63) is 151 Å². The van der Waals surface area contributed by atoms with Crippen molar-refractivity contribution in [2.45, 2.75) is 19.3 Å². The van der Waals surface area contributed by atoms with E-state index < -0.39 is 0 Å². The average Bonchev–Trinajstić information content (AvgIpc) is 3.75. The molecule has 0 atom stereocenters. The minimum Gasteiger partial charge on any atom is -0.454 e. The van der Waals surface area contributed by atoms with Gasteiger partial charge in [0.25, 0.3) is 0 Å². The summed E-state index contributed by atoms with van der Waals surface area (Å²) in [6.07, 6.45) is 0. The van der Waals surface area contributed by atoms with Crippen LogP contribution in [0.15, 0.2) is 144 Å². The zero-order valence-electron chi connectivity index (χ0n) is 26.0. The Kier molecular flexibility index (Phi) is 5.31. The summed E-state index contributed by atoms with van der Waals surface area (Å²) in [5.41, 5.74) is 12.6. The molecule has 3 aromatic heterocycles. The van der Waals surface area contributed by atoms with Crippen LogP contribution in [0.2, 0.25) is 0 Å². The molecule has 9 aromatic rings. The Bertz CT molecular complexity index is 2640. The lowest BCUT2D eigenvalue weighted by Gasteiger charge is -2.22. The van der Waals surface area contributed by atoms with Gasteiger partial charge >= 0.3 is 0 Å². The first-order valence-corrected chi connectivity index (χ1v) is 16.1. The highest BCUT2D eigenvalue weighted by Gasteiger charge is 2.41. The summed E-state index contributed by atoms with van der Waals surface area (Å²) in [5.74, 6) is 0.614. The highest BCUT2D eigenvalue weighted by Crippen LogP contribution is 2.57. The van der Waals surface area contributed by atoms with E-state index >= 15 is 0 Å². The van der Waals surface area contributed by atoms with Crippen LogP contribution in [0.4, 0.5) is 0 Å². The molecule has 0 N–H and O–H groups in total. The summed E-state index contributed by atoms with van der Waals surface area (Å²) >= 11 is 0. The zero-order chi connectivity index (χ0) is 31.3. The van der Waals surface area contributed by atoms with Crippen LogP contribution in [0.1, 0.15) is 25.0 Å². The van der Waals surface area contributed by atoms with Crippen molar-refractivity contribution in [2.75, 3.05) is 0 Å². The molecule has 1 aliphatic carbocycles. The molecule has 0 fully saturated rings. The normalized spacial score (nSPS) is 13.5. The molecule has 0 saturated carbocycles. The van der Waals surface area contributed by atoms with Crippen molar-refractivity contribution in [3.63, 3.8) is 0 Å². The van der Waals surface area contributed by atoms with Crippen LogP contribution in [0, 0.1) is 0 Å².